The van der Waals surface area contributed by atoms with Crippen LogP contribution in [0.4, 0.5) is 11.4 Å². The Morgan fingerprint density at radius 2 is 2.04 bits per heavy atom. The molecule has 7 nitrogen and oxygen atoms in total. The van der Waals surface area contributed by atoms with Gasteiger partial charge in [-0.1, -0.05) is 12.1 Å². The van der Waals surface area contributed by atoms with Crippen LogP contribution in [0.1, 0.15) is 12.6 Å². The fourth-order valence-electron chi connectivity index (χ4n) is 3.30. The second-order valence-electron chi connectivity index (χ2n) is 6.81. The van der Waals surface area contributed by atoms with Crippen LogP contribution in [-0.4, -0.2) is 65.5 Å². The van der Waals surface area contributed by atoms with Crippen LogP contribution in [0.25, 0.3) is 10.9 Å². The first-order chi connectivity index (χ1) is 12.0. The van der Waals surface area contributed by atoms with Crippen molar-refractivity contribution in [1.82, 2.24) is 14.8 Å². The van der Waals surface area contributed by atoms with Crippen LogP contribution in [0.5, 0.6) is 0 Å². The zero-order valence-electron chi connectivity index (χ0n) is 15.0. The summed E-state index contributed by atoms with van der Waals surface area (Å²) >= 11 is 0. The molecule has 1 aliphatic heterocycles. The van der Waals surface area contributed by atoms with E-state index < -0.39 is 0 Å². The van der Waals surface area contributed by atoms with Gasteiger partial charge in [0.05, 0.1) is 4.92 Å². The van der Waals surface area contributed by atoms with Gasteiger partial charge >= 0.3 is 0 Å². The number of para-hydroxylation sites is 1. The number of nitro benzene ring substituents is 1. The molecule has 134 valence electrons. The molecule has 0 saturated carbocycles. The van der Waals surface area contributed by atoms with E-state index in [0.717, 1.165) is 49.5 Å². The number of hydrogen-bond donors (Lipinski definition) is 1. The minimum atomic E-state index is -0.370. The number of nitrogens with zero attached hydrogens (tertiary/aromatic N) is 4. The highest BCUT2D eigenvalue weighted by molar-refractivity contribution is 5.96. The molecule has 2 heterocycles. The number of piperazine rings is 1. The third-order valence-electron chi connectivity index (χ3n) is 4.89. The largest absolute Gasteiger partial charge is 0.383 e. The zero-order chi connectivity index (χ0) is 18.0. The summed E-state index contributed by atoms with van der Waals surface area (Å²) in [6.45, 7) is 9.21. The molecule has 1 fully saturated rings. The van der Waals surface area contributed by atoms with Gasteiger partial charge in [-0.3, -0.25) is 15.0 Å². The van der Waals surface area contributed by atoms with Crippen LogP contribution in [0.2, 0.25) is 0 Å². The van der Waals surface area contributed by atoms with E-state index in [-0.39, 0.29) is 10.6 Å². The number of nitro groups is 1. The van der Waals surface area contributed by atoms with Crippen LogP contribution < -0.4 is 5.32 Å². The molecule has 2 aromatic rings. The van der Waals surface area contributed by atoms with Gasteiger partial charge in [-0.15, -0.1) is 0 Å². The van der Waals surface area contributed by atoms with Crippen molar-refractivity contribution in [3.63, 3.8) is 0 Å². The molecule has 1 atom stereocenters. The summed E-state index contributed by atoms with van der Waals surface area (Å²) in [5, 5.41) is 15.6. The van der Waals surface area contributed by atoms with Crippen molar-refractivity contribution in [2.24, 2.45) is 0 Å². The summed E-state index contributed by atoms with van der Waals surface area (Å²) in [6.07, 6.45) is 0. The Kier molecular flexibility index (Phi) is 5.15. The molecular weight excluding hydrogens is 318 g/mol. The molecule has 1 aromatic heterocycles. The molecule has 1 aromatic carbocycles. The number of hydrogen-bond acceptors (Lipinski definition) is 6. The maximum atomic E-state index is 11.3. The number of pyridine rings is 1. The molecule has 7 heteroatoms. The van der Waals surface area contributed by atoms with E-state index in [1.807, 2.05) is 19.1 Å². The Bertz CT molecular complexity index is 771. The van der Waals surface area contributed by atoms with Crippen molar-refractivity contribution >= 4 is 22.3 Å². The number of anilines is 1. The van der Waals surface area contributed by atoms with Crippen LogP contribution in [-0.2, 0) is 0 Å². The first-order valence-electron chi connectivity index (χ1n) is 8.67. The van der Waals surface area contributed by atoms with E-state index in [4.69, 9.17) is 0 Å². The van der Waals surface area contributed by atoms with Gasteiger partial charge in [0.25, 0.3) is 5.69 Å². The quantitative estimate of drug-likeness (QED) is 0.664. The lowest BCUT2D eigenvalue weighted by molar-refractivity contribution is -0.383. The lowest BCUT2D eigenvalue weighted by Crippen LogP contribution is -2.49. The lowest BCUT2D eigenvalue weighted by Gasteiger charge is -2.36. The molecule has 0 aliphatic carbocycles. The van der Waals surface area contributed by atoms with Crippen LogP contribution >= 0.6 is 0 Å². The van der Waals surface area contributed by atoms with Gasteiger partial charge in [-0.25, -0.2) is 4.98 Å². The van der Waals surface area contributed by atoms with Crippen molar-refractivity contribution in [2.45, 2.75) is 19.9 Å². The van der Waals surface area contributed by atoms with Crippen LogP contribution in [0.3, 0.4) is 0 Å². The summed E-state index contributed by atoms with van der Waals surface area (Å²) in [5.41, 5.74) is 2.18. The summed E-state index contributed by atoms with van der Waals surface area (Å²) < 4.78 is 0. The Hall–Kier alpha value is -2.25. The maximum absolute atomic E-state index is 11.3. The average Bonchev–Trinajstić information content (AvgIpc) is 2.59. The van der Waals surface area contributed by atoms with Gasteiger partial charge in [0.2, 0.25) is 0 Å². The Morgan fingerprint density at radius 3 is 2.72 bits per heavy atom. The van der Waals surface area contributed by atoms with E-state index in [1.165, 1.54) is 6.07 Å². The molecule has 0 amide bonds. The highest BCUT2D eigenvalue weighted by Crippen LogP contribution is 2.29. The van der Waals surface area contributed by atoms with Crippen molar-refractivity contribution in [2.75, 3.05) is 45.1 Å². The minimum Gasteiger partial charge on any atom is -0.383 e. The first kappa shape index (κ1) is 17.6. The summed E-state index contributed by atoms with van der Waals surface area (Å²) in [5.74, 6) is 0. The van der Waals surface area contributed by atoms with E-state index in [9.17, 15) is 10.1 Å². The second kappa shape index (κ2) is 7.33. The van der Waals surface area contributed by atoms with Gasteiger partial charge in [0, 0.05) is 61.6 Å². The average molecular weight is 343 g/mol. The Balaban J connectivity index is 1.79. The van der Waals surface area contributed by atoms with Crippen molar-refractivity contribution in [1.29, 1.82) is 0 Å². The highest BCUT2D eigenvalue weighted by Gasteiger charge is 2.20. The second-order valence-corrected chi connectivity index (χ2v) is 6.81. The van der Waals surface area contributed by atoms with Crippen LogP contribution in [0.15, 0.2) is 24.3 Å². The molecule has 3 rings (SSSR count). The summed E-state index contributed by atoms with van der Waals surface area (Å²) in [4.78, 5) is 20.1. The third-order valence-corrected chi connectivity index (χ3v) is 4.89. The number of rotatable bonds is 5. The van der Waals surface area contributed by atoms with E-state index in [0.29, 0.717) is 11.6 Å². The predicted molar refractivity (Wildman–Crippen MR) is 100 cm³/mol. The Morgan fingerprint density at radius 1 is 1.32 bits per heavy atom. The molecule has 1 N–H and O–H groups in total. The summed E-state index contributed by atoms with van der Waals surface area (Å²) in [7, 11) is 2.15. The topological polar surface area (TPSA) is 74.5 Å². The maximum Gasteiger partial charge on any atom is 0.295 e. The molecule has 0 radical (unpaired) electrons. The SMILES string of the molecule is Cc1cc(NC[C@@H](C)N2CCN(C)CC2)c2cccc([N+](=O)[O-])c2n1. The predicted octanol–water partition coefficient (Wildman–Crippen LogP) is 2.50. The molecule has 0 unspecified atom stereocenters. The van der Waals surface area contributed by atoms with Gasteiger partial charge < -0.3 is 10.2 Å². The fourth-order valence-corrected chi connectivity index (χ4v) is 3.30. The monoisotopic (exact) mass is 343 g/mol. The summed E-state index contributed by atoms with van der Waals surface area (Å²) in [6, 6.07) is 7.47. The van der Waals surface area contributed by atoms with Gasteiger partial charge in [-0.05, 0) is 27.0 Å². The van der Waals surface area contributed by atoms with Crippen molar-refractivity contribution in [3.05, 3.63) is 40.1 Å². The van der Waals surface area contributed by atoms with E-state index >= 15 is 0 Å². The number of non-ortho nitro benzene ring substituents is 1. The highest BCUT2D eigenvalue weighted by atomic mass is 16.6. The molecule has 1 aliphatic rings. The zero-order valence-corrected chi connectivity index (χ0v) is 15.0. The van der Waals surface area contributed by atoms with Gasteiger partial charge in [0.15, 0.2) is 5.52 Å². The normalized spacial score (nSPS) is 17.6. The van der Waals surface area contributed by atoms with E-state index in [1.54, 1.807) is 6.07 Å². The molecule has 0 bridgehead atoms. The first-order valence-corrected chi connectivity index (χ1v) is 8.67. The minimum absolute atomic E-state index is 0.0522. The molecule has 1 saturated heterocycles. The Labute approximate surface area is 147 Å². The molecule has 0 spiro atoms. The smallest absolute Gasteiger partial charge is 0.295 e. The number of aryl methyl sites for hydroxylation is 1. The van der Waals surface area contributed by atoms with E-state index in [2.05, 4.69) is 34.1 Å². The number of likely N-dealkylation sites (N-methyl/N-ethyl adjacent to an activating group) is 1. The van der Waals surface area contributed by atoms with Crippen molar-refractivity contribution in [3.8, 4) is 0 Å². The number of fused-ring (bicyclic) bond motifs is 1. The molecule has 25 heavy (non-hydrogen) atoms. The third kappa shape index (κ3) is 3.88. The van der Waals surface area contributed by atoms with Gasteiger partial charge in [-0.2, -0.15) is 0 Å². The fraction of sp³-hybridized carbons (Fsp3) is 0.500. The van der Waals surface area contributed by atoms with Crippen molar-refractivity contribution < 1.29 is 4.92 Å². The van der Waals surface area contributed by atoms with Crippen LogP contribution in [0, 0.1) is 17.0 Å². The van der Waals surface area contributed by atoms with Gasteiger partial charge in [0.1, 0.15) is 0 Å². The standard InChI is InChI=1S/C18H25N5O2/c1-13-11-16(15-5-4-6-17(23(24)25)18(15)20-13)19-12-14(2)22-9-7-21(3)8-10-22/h4-6,11,14H,7-10,12H2,1-3H3,(H,19,20)/t14-/m1/s1. The number of aromatic nitrogens is 1. The number of nitrogens with one attached hydrogen (secondary N) is 1. The number of benzene rings is 1. The molecular formula is C18H25N5O2. The lowest BCUT2D eigenvalue weighted by atomic mass is 10.1.